The van der Waals surface area contributed by atoms with Gasteiger partial charge >= 0.3 is 0 Å². The zero-order valence-electron chi connectivity index (χ0n) is 13.1. The first kappa shape index (κ1) is 15.3. The van der Waals surface area contributed by atoms with E-state index in [1.165, 1.54) is 36.8 Å². The van der Waals surface area contributed by atoms with Crippen LogP contribution in [0.5, 0.6) is 0 Å². The van der Waals surface area contributed by atoms with Crippen LogP contribution in [0.3, 0.4) is 0 Å². The Morgan fingerprint density at radius 2 is 1.44 bits per heavy atom. The van der Waals surface area contributed by atoms with Crippen molar-refractivity contribution in [2.75, 3.05) is 0 Å². The lowest BCUT2D eigenvalue weighted by Crippen LogP contribution is -2.09. The summed E-state index contributed by atoms with van der Waals surface area (Å²) >= 11 is 0. The lowest BCUT2D eigenvalue weighted by molar-refractivity contribution is 0.365. The fourth-order valence-corrected chi connectivity index (χ4v) is 2.33. The molecule has 0 N–H and O–H groups in total. The van der Waals surface area contributed by atoms with E-state index in [0.29, 0.717) is 10.8 Å². The van der Waals surface area contributed by atoms with Gasteiger partial charge in [0.15, 0.2) is 0 Å². The molecular formula is C18H30. The van der Waals surface area contributed by atoms with Gasteiger partial charge < -0.3 is 0 Å². The number of benzene rings is 1. The summed E-state index contributed by atoms with van der Waals surface area (Å²) in [5.74, 6) is 0. The highest BCUT2D eigenvalue weighted by Gasteiger charge is 2.12. The highest BCUT2D eigenvalue weighted by Crippen LogP contribution is 2.24. The number of hydrogen-bond acceptors (Lipinski definition) is 0. The summed E-state index contributed by atoms with van der Waals surface area (Å²) in [5.41, 5.74) is 3.82. The van der Waals surface area contributed by atoms with Gasteiger partial charge in [0.2, 0.25) is 0 Å². The maximum absolute atomic E-state index is 2.40. The molecule has 0 saturated carbocycles. The van der Waals surface area contributed by atoms with E-state index in [2.05, 4.69) is 65.8 Å². The van der Waals surface area contributed by atoms with Gasteiger partial charge in [-0.1, -0.05) is 65.8 Å². The summed E-state index contributed by atoms with van der Waals surface area (Å²) < 4.78 is 0. The molecule has 0 fully saturated rings. The van der Waals surface area contributed by atoms with Crippen LogP contribution in [0.2, 0.25) is 0 Å². The van der Waals surface area contributed by atoms with Gasteiger partial charge in [-0.05, 0) is 47.6 Å². The van der Waals surface area contributed by atoms with Crippen LogP contribution in [0.15, 0.2) is 24.3 Å². The minimum Gasteiger partial charge on any atom is -0.0617 e. The van der Waals surface area contributed by atoms with Gasteiger partial charge in [-0.3, -0.25) is 0 Å². The zero-order chi connectivity index (χ0) is 13.8. The van der Waals surface area contributed by atoms with Gasteiger partial charge in [-0.25, -0.2) is 0 Å². The van der Waals surface area contributed by atoms with Crippen LogP contribution in [-0.2, 0) is 12.8 Å². The van der Waals surface area contributed by atoms with Gasteiger partial charge in [0.25, 0.3) is 0 Å². The fraction of sp³-hybridized carbons (Fsp3) is 0.667. The Balaban J connectivity index is 2.55. The topological polar surface area (TPSA) is 0 Å². The molecule has 0 heteroatoms. The van der Waals surface area contributed by atoms with Crippen molar-refractivity contribution in [1.82, 2.24) is 0 Å². The zero-order valence-corrected chi connectivity index (χ0v) is 13.1. The summed E-state index contributed by atoms with van der Waals surface area (Å²) in [6.45, 7) is 13.9. The average Bonchev–Trinajstić information content (AvgIpc) is 2.13. The molecule has 0 aliphatic heterocycles. The predicted molar refractivity (Wildman–Crippen MR) is 82.0 cm³/mol. The molecule has 0 aliphatic rings. The second-order valence-electron chi connectivity index (χ2n) is 7.97. The lowest BCUT2D eigenvalue weighted by Gasteiger charge is -2.19. The number of hydrogen-bond donors (Lipinski definition) is 0. The third-order valence-corrected chi connectivity index (χ3v) is 3.12. The molecule has 0 atom stereocenters. The average molecular weight is 246 g/mol. The summed E-state index contributed by atoms with van der Waals surface area (Å²) in [5, 5.41) is 0. The number of aryl methyl sites for hydroxylation is 1. The molecule has 0 heterocycles. The molecule has 1 rings (SSSR count). The minimum absolute atomic E-state index is 0.379. The molecule has 102 valence electrons. The van der Waals surface area contributed by atoms with E-state index in [1.54, 1.807) is 0 Å². The summed E-state index contributed by atoms with van der Waals surface area (Å²) in [6, 6.07) is 9.15. The smallest absolute Gasteiger partial charge is 0.0230 e. The third kappa shape index (κ3) is 6.83. The molecule has 0 nitrogen and oxygen atoms in total. The van der Waals surface area contributed by atoms with E-state index in [-0.39, 0.29) is 0 Å². The van der Waals surface area contributed by atoms with Crippen molar-refractivity contribution in [1.29, 1.82) is 0 Å². The van der Waals surface area contributed by atoms with Crippen LogP contribution < -0.4 is 0 Å². The second kappa shape index (κ2) is 5.91. The molecule has 0 bridgehead atoms. The first-order valence-electron chi connectivity index (χ1n) is 7.24. The molecule has 0 aromatic heterocycles. The Labute approximate surface area is 114 Å². The normalized spacial score (nSPS) is 12.8. The van der Waals surface area contributed by atoms with Crippen LogP contribution >= 0.6 is 0 Å². The van der Waals surface area contributed by atoms with E-state index in [4.69, 9.17) is 0 Å². The van der Waals surface area contributed by atoms with Crippen LogP contribution in [0.1, 0.15) is 65.5 Å². The Morgan fingerprint density at radius 1 is 0.833 bits per heavy atom. The molecule has 0 saturated heterocycles. The Hall–Kier alpha value is -0.780. The molecule has 0 aliphatic carbocycles. The van der Waals surface area contributed by atoms with E-state index < -0.39 is 0 Å². The highest BCUT2D eigenvalue weighted by molar-refractivity contribution is 5.24. The Morgan fingerprint density at radius 3 is 2.00 bits per heavy atom. The first-order chi connectivity index (χ1) is 8.16. The second-order valence-corrected chi connectivity index (χ2v) is 7.97. The van der Waals surface area contributed by atoms with Crippen molar-refractivity contribution >= 4 is 0 Å². The SMILES string of the molecule is CC(C)(C)CCCc1cccc(CC(C)(C)C)c1. The molecule has 0 unspecified atom stereocenters. The van der Waals surface area contributed by atoms with E-state index in [0.717, 1.165) is 0 Å². The molecule has 0 radical (unpaired) electrons. The first-order valence-corrected chi connectivity index (χ1v) is 7.24. The molecular weight excluding hydrogens is 216 g/mol. The van der Waals surface area contributed by atoms with Gasteiger partial charge in [-0.2, -0.15) is 0 Å². The largest absolute Gasteiger partial charge is 0.0617 e. The third-order valence-electron chi connectivity index (χ3n) is 3.12. The van der Waals surface area contributed by atoms with Crippen LogP contribution in [0.25, 0.3) is 0 Å². The quantitative estimate of drug-likeness (QED) is 0.644. The van der Waals surface area contributed by atoms with Crippen LogP contribution in [0.4, 0.5) is 0 Å². The number of rotatable bonds is 4. The van der Waals surface area contributed by atoms with Gasteiger partial charge in [0.1, 0.15) is 0 Å². The maximum Gasteiger partial charge on any atom is -0.0230 e. The maximum atomic E-state index is 2.40. The summed E-state index contributed by atoms with van der Waals surface area (Å²) in [4.78, 5) is 0. The summed E-state index contributed by atoms with van der Waals surface area (Å²) in [6.07, 6.45) is 4.98. The van der Waals surface area contributed by atoms with Gasteiger partial charge in [0.05, 0.1) is 0 Å². The van der Waals surface area contributed by atoms with Crippen molar-refractivity contribution in [3.8, 4) is 0 Å². The Kier molecular flexibility index (Phi) is 5.01. The van der Waals surface area contributed by atoms with Gasteiger partial charge in [0, 0.05) is 0 Å². The molecule has 0 spiro atoms. The Bertz CT molecular complexity index is 360. The van der Waals surface area contributed by atoms with Crippen molar-refractivity contribution in [2.24, 2.45) is 10.8 Å². The van der Waals surface area contributed by atoms with Gasteiger partial charge in [-0.15, -0.1) is 0 Å². The van der Waals surface area contributed by atoms with E-state index in [9.17, 15) is 0 Å². The van der Waals surface area contributed by atoms with Crippen molar-refractivity contribution < 1.29 is 0 Å². The predicted octanol–water partition coefficient (Wildman–Crippen LogP) is 5.64. The summed E-state index contributed by atoms with van der Waals surface area (Å²) in [7, 11) is 0. The van der Waals surface area contributed by atoms with E-state index >= 15 is 0 Å². The van der Waals surface area contributed by atoms with Crippen LogP contribution in [-0.4, -0.2) is 0 Å². The molecule has 1 aromatic rings. The monoisotopic (exact) mass is 246 g/mol. The van der Waals surface area contributed by atoms with E-state index in [1.807, 2.05) is 0 Å². The molecule has 18 heavy (non-hydrogen) atoms. The minimum atomic E-state index is 0.379. The highest BCUT2D eigenvalue weighted by atomic mass is 14.2. The lowest BCUT2D eigenvalue weighted by atomic mass is 9.86. The molecule has 0 amide bonds. The van der Waals surface area contributed by atoms with Crippen LogP contribution in [0, 0.1) is 10.8 Å². The standard InChI is InChI=1S/C18H30/c1-17(2,3)12-8-11-15-9-7-10-16(13-15)14-18(4,5)6/h7,9-10,13H,8,11-12,14H2,1-6H3. The fourth-order valence-electron chi connectivity index (χ4n) is 2.33. The van der Waals surface area contributed by atoms with Crippen molar-refractivity contribution in [3.05, 3.63) is 35.4 Å². The molecule has 1 aromatic carbocycles. The van der Waals surface area contributed by atoms with Crippen molar-refractivity contribution in [3.63, 3.8) is 0 Å². The van der Waals surface area contributed by atoms with Crippen molar-refractivity contribution in [2.45, 2.75) is 67.2 Å².